The number of aromatic hydroxyl groups is 1. The molecule has 210 valence electrons. The fourth-order valence-electron chi connectivity index (χ4n) is 4.59. The zero-order chi connectivity index (χ0) is 28.4. The third-order valence-corrected chi connectivity index (χ3v) is 7.61. The second kappa shape index (κ2) is 11.5. The first-order valence-corrected chi connectivity index (χ1v) is 14.1. The molecule has 12 nitrogen and oxygen atoms in total. The molecular formula is C27H32N8O4S. The van der Waals surface area contributed by atoms with Gasteiger partial charge in [0.2, 0.25) is 5.95 Å². The van der Waals surface area contributed by atoms with Crippen molar-refractivity contribution in [3.05, 3.63) is 65.4 Å². The fraction of sp³-hybridized carbons (Fsp3) is 0.370. The van der Waals surface area contributed by atoms with Gasteiger partial charge in [-0.3, -0.25) is 4.79 Å². The topological polar surface area (TPSA) is 149 Å². The van der Waals surface area contributed by atoms with Crippen molar-refractivity contribution in [1.82, 2.24) is 20.2 Å². The number of carbonyl (C=O) groups excluding carboxylic acids is 1. The van der Waals surface area contributed by atoms with E-state index in [4.69, 9.17) is 4.42 Å². The Hall–Kier alpha value is -4.26. The van der Waals surface area contributed by atoms with E-state index < -0.39 is 11.2 Å². The number of para-hydroxylation sites is 1. The second-order valence-corrected chi connectivity index (χ2v) is 10.8. The highest BCUT2D eigenvalue weighted by atomic mass is 32.2. The highest BCUT2D eigenvalue weighted by Crippen LogP contribution is 2.30. The van der Waals surface area contributed by atoms with E-state index >= 15 is 0 Å². The standard InChI is InChI=1S/C27H32N8O4S/c1-16(2)22(21-15-17(3)18(4)39-21)31-25-24(32-40(38)33-25)30-20-8-5-7-19(23(20)36)26(37)34-11-13-35(14-12-34)27-28-9-6-10-29-27/h5-10,15-16,22,36H,11-14H2,1-4H3,(H,30,32)(H,31,33)/t22-,40?/m1/s1. The lowest BCUT2D eigenvalue weighted by atomic mass is 10.0. The maximum Gasteiger partial charge on any atom is 0.269 e. The number of furan rings is 1. The van der Waals surface area contributed by atoms with Gasteiger partial charge in [0.15, 0.2) is 17.4 Å². The van der Waals surface area contributed by atoms with E-state index in [1.807, 2.05) is 38.7 Å². The van der Waals surface area contributed by atoms with Crippen LogP contribution < -0.4 is 15.5 Å². The lowest BCUT2D eigenvalue weighted by molar-refractivity contribution is 0.0743. The summed E-state index contributed by atoms with van der Waals surface area (Å²) in [5.74, 6) is 2.26. The Bertz CT molecular complexity index is 1460. The minimum atomic E-state index is -1.84. The van der Waals surface area contributed by atoms with Gasteiger partial charge >= 0.3 is 0 Å². The molecular weight excluding hydrogens is 532 g/mol. The number of aromatic nitrogens is 2. The number of anilines is 2. The molecule has 1 aromatic carbocycles. The number of phenols is 1. The van der Waals surface area contributed by atoms with E-state index in [2.05, 4.69) is 29.4 Å². The summed E-state index contributed by atoms with van der Waals surface area (Å²) in [6, 6.07) is 8.35. The van der Waals surface area contributed by atoms with Gasteiger partial charge in [0.1, 0.15) is 11.5 Å². The minimum absolute atomic E-state index is 0.117. The van der Waals surface area contributed by atoms with Gasteiger partial charge in [0, 0.05) is 38.6 Å². The van der Waals surface area contributed by atoms with Crippen LogP contribution in [0.3, 0.4) is 0 Å². The third-order valence-electron chi connectivity index (χ3n) is 6.93. The van der Waals surface area contributed by atoms with Crippen LogP contribution in [0.1, 0.15) is 47.3 Å². The van der Waals surface area contributed by atoms with Crippen molar-refractivity contribution in [2.75, 3.05) is 36.4 Å². The Balaban J connectivity index is 1.29. The third kappa shape index (κ3) is 5.69. The van der Waals surface area contributed by atoms with E-state index in [0.29, 0.717) is 32.1 Å². The smallest absolute Gasteiger partial charge is 0.269 e. The van der Waals surface area contributed by atoms with Crippen molar-refractivity contribution in [1.29, 1.82) is 0 Å². The predicted molar refractivity (Wildman–Crippen MR) is 154 cm³/mol. The first-order valence-electron chi connectivity index (χ1n) is 13.0. The van der Waals surface area contributed by atoms with Gasteiger partial charge in [-0.1, -0.05) is 19.9 Å². The zero-order valence-corrected chi connectivity index (χ0v) is 23.6. The number of amides is 1. The lowest BCUT2D eigenvalue weighted by Gasteiger charge is -2.34. The van der Waals surface area contributed by atoms with Gasteiger partial charge in [0.05, 0.1) is 17.3 Å². The molecule has 3 aromatic rings. The number of hydrogen-bond donors (Lipinski definition) is 3. The van der Waals surface area contributed by atoms with Crippen LogP contribution in [0.5, 0.6) is 5.75 Å². The summed E-state index contributed by atoms with van der Waals surface area (Å²) in [6.07, 6.45) is 3.38. The van der Waals surface area contributed by atoms with Crippen molar-refractivity contribution < 1.29 is 18.5 Å². The van der Waals surface area contributed by atoms with Crippen LogP contribution in [0, 0.1) is 19.8 Å². The van der Waals surface area contributed by atoms with E-state index in [-0.39, 0.29) is 46.5 Å². The number of nitrogens with zero attached hydrogens (tertiary/aromatic N) is 6. The molecule has 5 rings (SSSR count). The molecule has 0 radical (unpaired) electrons. The van der Waals surface area contributed by atoms with Crippen LogP contribution in [-0.2, 0) is 11.2 Å². The summed E-state index contributed by atoms with van der Waals surface area (Å²) in [4.78, 5) is 25.6. The van der Waals surface area contributed by atoms with E-state index in [1.54, 1.807) is 41.6 Å². The summed E-state index contributed by atoms with van der Waals surface area (Å²) >= 11 is -1.84. The summed E-state index contributed by atoms with van der Waals surface area (Å²) in [5.41, 5.74) is 1.44. The molecule has 1 amide bonds. The summed E-state index contributed by atoms with van der Waals surface area (Å²) in [7, 11) is 0. The number of aryl methyl sites for hydroxylation is 2. The van der Waals surface area contributed by atoms with Gasteiger partial charge in [0.25, 0.3) is 17.1 Å². The number of phenolic OH excluding ortho intramolecular Hbond substituents is 1. The van der Waals surface area contributed by atoms with Crippen LogP contribution in [-0.4, -0.2) is 67.9 Å². The molecule has 4 heterocycles. The van der Waals surface area contributed by atoms with Gasteiger partial charge in [-0.05, 0) is 49.6 Å². The average Bonchev–Trinajstić information content (AvgIpc) is 3.47. The molecule has 40 heavy (non-hydrogen) atoms. The number of piperazine rings is 1. The molecule has 0 spiro atoms. The highest BCUT2D eigenvalue weighted by Gasteiger charge is 2.29. The van der Waals surface area contributed by atoms with E-state index in [0.717, 1.165) is 17.1 Å². The number of benzene rings is 1. The Morgan fingerprint density at radius 1 is 1.05 bits per heavy atom. The lowest BCUT2D eigenvalue weighted by Crippen LogP contribution is -2.49. The molecule has 2 atom stereocenters. The highest BCUT2D eigenvalue weighted by molar-refractivity contribution is 7.83. The molecule has 2 aliphatic rings. The molecule has 0 saturated carbocycles. The number of hydrogen-bond acceptors (Lipinski definition) is 9. The largest absolute Gasteiger partial charge is 0.505 e. The Morgan fingerprint density at radius 2 is 1.75 bits per heavy atom. The van der Waals surface area contributed by atoms with Crippen LogP contribution >= 0.6 is 0 Å². The fourth-order valence-corrected chi connectivity index (χ4v) is 5.21. The van der Waals surface area contributed by atoms with Gasteiger partial charge in [-0.25, -0.2) is 14.2 Å². The molecule has 1 fully saturated rings. The maximum atomic E-state index is 13.3. The first-order chi connectivity index (χ1) is 19.2. The van der Waals surface area contributed by atoms with Crippen molar-refractivity contribution in [2.45, 2.75) is 33.7 Å². The molecule has 1 unspecified atom stereocenters. The van der Waals surface area contributed by atoms with Crippen LogP contribution in [0.2, 0.25) is 0 Å². The van der Waals surface area contributed by atoms with Gasteiger partial charge in [-0.15, -0.1) is 8.80 Å². The second-order valence-electron chi connectivity index (χ2n) is 10.0. The Kier molecular flexibility index (Phi) is 7.83. The van der Waals surface area contributed by atoms with Gasteiger partial charge in [-0.2, -0.15) is 0 Å². The monoisotopic (exact) mass is 564 g/mol. The first kappa shape index (κ1) is 27.3. The molecule has 2 aliphatic heterocycles. The summed E-state index contributed by atoms with van der Waals surface area (Å²) in [5, 5.41) is 17.4. The molecule has 0 aliphatic carbocycles. The van der Waals surface area contributed by atoms with E-state index in [9.17, 15) is 14.1 Å². The van der Waals surface area contributed by atoms with Crippen molar-refractivity contribution in [2.24, 2.45) is 14.7 Å². The Morgan fingerprint density at radius 3 is 2.40 bits per heavy atom. The molecule has 1 saturated heterocycles. The van der Waals surface area contributed by atoms with E-state index in [1.165, 1.54) is 0 Å². The molecule has 0 bridgehead atoms. The minimum Gasteiger partial charge on any atom is -0.505 e. The maximum absolute atomic E-state index is 13.3. The normalized spacial score (nSPS) is 18.0. The van der Waals surface area contributed by atoms with Crippen LogP contribution in [0.25, 0.3) is 0 Å². The number of rotatable bonds is 6. The molecule has 3 N–H and O–H groups in total. The number of amidine groups is 2. The zero-order valence-electron chi connectivity index (χ0n) is 22.8. The number of nitrogens with one attached hydrogen (secondary N) is 2. The SMILES string of the molecule is Cc1cc([C@H](NC2=NS(=O)N=C2Nc2cccc(C(=O)N3CCN(c4ncccn4)CC3)c2O)C(C)C)oc1C. The number of carbonyl (C=O) groups is 1. The predicted octanol–water partition coefficient (Wildman–Crippen LogP) is 3.14. The van der Waals surface area contributed by atoms with Crippen molar-refractivity contribution in [3.63, 3.8) is 0 Å². The molecule has 2 aromatic heterocycles. The average molecular weight is 565 g/mol. The summed E-state index contributed by atoms with van der Waals surface area (Å²) < 4.78 is 26.5. The Labute approximate surface area is 235 Å². The van der Waals surface area contributed by atoms with Crippen LogP contribution in [0.15, 0.2) is 55.9 Å². The quantitative estimate of drug-likeness (QED) is 0.384. The van der Waals surface area contributed by atoms with Crippen LogP contribution in [0.4, 0.5) is 11.6 Å². The molecule has 13 heteroatoms. The van der Waals surface area contributed by atoms with Crippen molar-refractivity contribution in [3.8, 4) is 5.75 Å². The summed E-state index contributed by atoms with van der Waals surface area (Å²) in [6.45, 7) is 10.0. The van der Waals surface area contributed by atoms with Crippen molar-refractivity contribution >= 4 is 40.4 Å². The van der Waals surface area contributed by atoms with Gasteiger partial charge < -0.3 is 30.0 Å².